The number of rotatable bonds is 4. The lowest BCUT2D eigenvalue weighted by Crippen LogP contribution is -2.41. The summed E-state index contributed by atoms with van der Waals surface area (Å²) in [6, 6.07) is 9.15. The fraction of sp³-hybridized carbons (Fsp3) is 0.647. The van der Waals surface area contributed by atoms with Gasteiger partial charge in [0, 0.05) is 12.0 Å². The van der Waals surface area contributed by atoms with Crippen molar-refractivity contribution in [3.05, 3.63) is 35.4 Å². The lowest BCUT2D eigenvalue weighted by atomic mass is 9.66. The average molecular weight is 245 g/mol. The largest absolute Gasteiger partial charge is 0.316 e. The third-order valence-corrected chi connectivity index (χ3v) is 4.58. The molecule has 1 heteroatoms. The molecule has 0 saturated heterocycles. The Morgan fingerprint density at radius 2 is 2.00 bits per heavy atom. The smallest absolute Gasteiger partial charge is 0.00780 e. The zero-order valence-corrected chi connectivity index (χ0v) is 12.1. The number of nitrogens with one attached hydrogen (secondary N) is 1. The monoisotopic (exact) mass is 245 g/mol. The van der Waals surface area contributed by atoms with E-state index in [1.54, 1.807) is 5.56 Å². The molecule has 1 aromatic rings. The first-order valence-electron chi connectivity index (χ1n) is 7.44. The summed E-state index contributed by atoms with van der Waals surface area (Å²) < 4.78 is 0. The van der Waals surface area contributed by atoms with E-state index >= 15 is 0 Å². The van der Waals surface area contributed by atoms with Gasteiger partial charge in [0.25, 0.3) is 0 Å². The van der Waals surface area contributed by atoms with Crippen molar-refractivity contribution < 1.29 is 0 Å². The molecule has 1 nitrogen and oxygen atoms in total. The fourth-order valence-electron chi connectivity index (χ4n) is 3.22. The summed E-state index contributed by atoms with van der Waals surface area (Å²) in [5.41, 5.74) is 3.33. The van der Waals surface area contributed by atoms with Gasteiger partial charge in [-0.2, -0.15) is 0 Å². The van der Waals surface area contributed by atoms with Crippen LogP contribution in [0.5, 0.6) is 0 Å². The lowest BCUT2D eigenvalue weighted by molar-refractivity contribution is 0.234. The van der Waals surface area contributed by atoms with Gasteiger partial charge in [0.2, 0.25) is 0 Å². The molecule has 0 atom stereocenters. The van der Waals surface area contributed by atoms with Crippen molar-refractivity contribution in [1.82, 2.24) is 5.32 Å². The van der Waals surface area contributed by atoms with Gasteiger partial charge in [-0.05, 0) is 50.6 Å². The van der Waals surface area contributed by atoms with Crippen molar-refractivity contribution in [3.63, 3.8) is 0 Å². The number of likely N-dealkylation sites (N-methyl/N-ethyl adjacent to an activating group) is 1. The van der Waals surface area contributed by atoms with E-state index in [1.807, 2.05) is 0 Å². The molecule has 18 heavy (non-hydrogen) atoms. The molecule has 1 aliphatic rings. The van der Waals surface area contributed by atoms with Gasteiger partial charge in [-0.3, -0.25) is 0 Å². The van der Waals surface area contributed by atoms with E-state index in [-0.39, 0.29) is 0 Å². The van der Waals surface area contributed by atoms with Crippen LogP contribution < -0.4 is 5.32 Å². The van der Waals surface area contributed by atoms with Crippen LogP contribution in [0.3, 0.4) is 0 Å². The zero-order valence-electron chi connectivity index (χ0n) is 12.1. The van der Waals surface area contributed by atoms with Crippen LogP contribution in [-0.2, 0) is 5.41 Å². The van der Waals surface area contributed by atoms with Crippen molar-refractivity contribution >= 4 is 0 Å². The first-order chi connectivity index (χ1) is 8.66. The third kappa shape index (κ3) is 2.95. The third-order valence-electron chi connectivity index (χ3n) is 4.58. The van der Waals surface area contributed by atoms with E-state index in [0.29, 0.717) is 5.41 Å². The van der Waals surface area contributed by atoms with E-state index in [0.717, 1.165) is 19.0 Å². The molecule has 100 valence electrons. The second kappa shape index (κ2) is 5.88. The summed E-state index contributed by atoms with van der Waals surface area (Å²) in [5.74, 6) is 0.907. The van der Waals surface area contributed by atoms with Gasteiger partial charge in [0.05, 0.1) is 0 Å². The number of benzene rings is 1. The SMILES string of the molecule is CCNCC1(c2cccc(C)c2)CCC(C)CC1. The van der Waals surface area contributed by atoms with Crippen LogP contribution in [0.1, 0.15) is 50.7 Å². The molecule has 0 heterocycles. The van der Waals surface area contributed by atoms with Gasteiger partial charge in [0.1, 0.15) is 0 Å². The maximum atomic E-state index is 3.59. The standard InChI is InChI=1S/C17H27N/c1-4-18-13-17(10-8-14(2)9-11-17)16-7-5-6-15(3)12-16/h5-7,12,14,18H,4,8-11,13H2,1-3H3. The van der Waals surface area contributed by atoms with Gasteiger partial charge < -0.3 is 5.32 Å². The first-order valence-corrected chi connectivity index (χ1v) is 7.44. The fourth-order valence-corrected chi connectivity index (χ4v) is 3.22. The van der Waals surface area contributed by atoms with Crippen molar-refractivity contribution in [2.24, 2.45) is 5.92 Å². The van der Waals surface area contributed by atoms with Crippen LogP contribution in [0, 0.1) is 12.8 Å². The predicted octanol–water partition coefficient (Wildman–Crippen LogP) is 4.05. The Labute approximate surface area is 112 Å². The van der Waals surface area contributed by atoms with E-state index in [2.05, 4.69) is 50.4 Å². The summed E-state index contributed by atoms with van der Waals surface area (Å²) in [6.45, 7) is 9.02. The van der Waals surface area contributed by atoms with Gasteiger partial charge >= 0.3 is 0 Å². The Balaban J connectivity index is 2.24. The molecule has 2 rings (SSSR count). The number of hydrogen-bond acceptors (Lipinski definition) is 1. The highest BCUT2D eigenvalue weighted by atomic mass is 14.9. The van der Waals surface area contributed by atoms with Crippen molar-refractivity contribution in [2.75, 3.05) is 13.1 Å². The van der Waals surface area contributed by atoms with E-state index in [9.17, 15) is 0 Å². The van der Waals surface area contributed by atoms with Crippen molar-refractivity contribution in [2.45, 2.75) is 51.9 Å². The quantitative estimate of drug-likeness (QED) is 0.843. The van der Waals surface area contributed by atoms with Crippen LogP contribution in [0.2, 0.25) is 0 Å². The summed E-state index contributed by atoms with van der Waals surface area (Å²) in [4.78, 5) is 0. The van der Waals surface area contributed by atoms with E-state index in [4.69, 9.17) is 0 Å². The predicted molar refractivity (Wildman–Crippen MR) is 79.0 cm³/mol. The van der Waals surface area contributed by atoms with Gasteiger partial charge in [0.15, 0.2) is 0 Å². The highest BCUT2D eigenvalue weighted by Gasteiger charge is 2.35. The Bertz CT molecular complexity index is 369. The summed E-state index contributed by atoms with van der Waals surface area (Å²) >= 11 is 0. The van der Waals surface area contributed by atoms with Gasteiger partial charge in [-0.25, -0.2) is 0 Å². The van der Waals surface area contributed by atoms with Crippen LogP contribution in [0.25, 0.3) is 0 Å². The first kappa shape index (κ1) is 13.6. The molecule has 1 N–H and O–H groups in total. The van der Waals surface area contributed by atoms with E-state index < -0.39 is 0 Å². The summed E-state index contributed by atoms with van der Waals surface area (Å²) in [5, 5.41) is 3.59. The average Bonchev–Trinajstić information content (AvgIpc) is 2.39. The summed E-state index contributed by atoms with van der Waals surface area (Å²) in [6.07, 6.45) is 5.42. The minimum atomic E-state index is 0.383. The number of aryl methyl sites for hydroxylation is 1. The highest BCUT2D eigenvalue weighted by Crippen LogP contribution is 2.41. The molecule has 0 radical (unpaired) electrons. The van der Waals surface area contributed by atoms with Crippen molar-refractivity contribution in [1.29, 1.82) is 0 Å². The Morgan fingerprint density at radius 1 is 1.28 bits per heavy atom. The van der Waals surface area contributed by atoms with Crippen LogP contribution in [0.4, 0.5) is 0 Å². The molecule has 0 unspecified atom stereocenters. The molecule has 1 aliphatic carbocycles. The van der Waals surface area contributed by atoms with Gasteiger partial charge in [-0.1, -0.05) is 43.7 Å². The molecule has 1 fully saturated rings. The Morgan fingerprint density at radius 3 is 2.61 bits per heavy atom. The summed E-state index contributed by atoms with van der Waals surface area (Å²) in [7, 11) is 0. The molecule has 0 aliphatic heterocycles. The normalized spacial score (nSPS) is 28.3. The van der Waals surface area contributed by atoms with E-state index in [1.165, 1.54) is 31.2 Å². The van der Waals surface area contributed by atoms with Crippen LogP contribution in [0.15, 0.2) is 24.3 Å². The highest BCUT2D eigenvalue weighted by molar-refractivity contribution is 5.30. The van der Waals surface area contributed by atoms with Crippen LogP contribution in [-0.4, -0.2) is 13.1 Å². The molecule has 0 spiro atoms. The maximum Gasteiger partial charge on any atom is 0.00780 e. The molecule has 1 aromatic carbocycles. The van der Waals surface area contributed by atoms with Crippen LogP contribution >= 0.6 is 0 Å². The second-order valence-electron chi connectivity index (χ2n) is 6.11. The molecule has 0 amide bonds. The Hall–Kier alpha value is -0.820. The van der Waals surface area contributed by atoms with Gasteiger partial charge in [-0.15, -0.1) is 0 Å². The molecule has 0 bridgehead atoms. The second-order valence-corrected chi connectivity index (χ2v) is 6.11. The topological polar surface area (TPSA) is 12.0 Å². The minimum Gasteiger partial charge on any atom is -0.316 e. The molecular formula is C17H27N. The number of hydrogen-bond donors (Lipinski definition) is 1. The van der Waals surface area contributed by atoms with Crippen molar-refractivity contribution in [3.8, 4) is 0 Å². The lowest BCUT2D eigenvalue weighted by Gasteiger charge is -2.40. The molecular weight excluding hydrogens is 218 g/mol. The Kier molecular flexibility index (Phi) is 4.45. The molecule has 0 aromatic heterocycles. The zero-order chi connectivity index (χ0) is 13.0. The minimum absolute atomic E-state index is 0.383. The molecule has 1 saturated carbocycles. The maximum absolute atomic E-state index is 3.59.